The second-order valence-electron chi connectivity index (χ2n) is 6.26. The fourth-order valence-corrected chi connectivity index (χ4v) is 2.69. The van der Waals surface area contributed by atoms with Crippen LogP contribution in [0.2, 0.25) is 0 Å². The fourth-order valence-electron chi connectivity index (χ4n) is 2.69. The lowest BCUT2D eigenvalue weighted by Crippen LogP contribution is -2.45. The molecule has 0 radical (unpaired) electrons. The van der Waals surface area contributed by atoms with Crippen LogP contribution in [0.25, 0.3) is 0 Å². The van der Waals surface area contributed by atoms with Crippen LogP contribution in [0.5, 0.6) is 0 Å². The van der Waals surface area contributed by atoms with Crippen molar-refractivity contribution in [2.45, 2.75) is 26.1 Å². The van der Waals surface area contributed by atoms with E-state index in [2.05, 4.69) is 37.5 Å². The Balaban J connectivity index is 2.02. The van der Waals surface area contributed by atoms with Gasteiger partial charge < -0.3 is 20.4 Å². The number of nitrogens with one attached hydrogen (secondary N) is 2. The summed E-state index contributed by atoms with van der Waals surface area (Å²) < 4.78 is 36.9. The number of aromatic nitrogens is 1. The van der Waals surface area contributed by atoms with Gasteiger partial charge in [0, 0.05) is 51.0 Å². The van der Waals surface area contributed by atoms with Crippen LogP contribution in [-0.4, -0.2) is 68.3 Å². The molecule has 6 nitrogen and oxygen atoms in total. The van der Waals surface area contributed by atoms with Gasteiger partial charge >= 0.3 is 6.18 Å². The number of alkyl halides is 3. The summed E-state index contributed by atoms with van der Waals surface area (Å²) in [6, 6.07) is 3.82. The molecular formula is C17H27F3N6. The third kappa shape index (κ3) is 6.70. The van der Waals surface area contributed by atoms with E-state index in [1.807, 2.05) is 19.1 Å². The highest BCUT2D eigenvalue weighted by molar-refractivity contribution is 5.79. The first-order valence-electron chi connectivity index (χ1n) is 8.85. The summed E-state index contributed by atoms with van der Waals surface area (Å²) >= 11 is 0. The van der Waals surface area contributed by atoms with Crippen molar-refractivity contribution in [3.63, 3.8) is 0 Å². The smallest absolute Gasteiger partial charge is 0.357 e. The highest BCUT2D eigenvalue weighted by atomic mass is 19.4. The molecule has 0 amide bonds. The van der Waals surface area contributed by atoms with Gasteiger partial charge in [0.25, 0.3) is 0 Å². The Hall–Kier alpha value is -2.03. The molecule has 1 aromatic heterocycles. The van der Waals surface area contributed by atoms with Crippen LogP contribution in [0.1, 0.15) is 18.9 Å². The van der Waals surface area contributed by atoms with Crippen molar-refractivity contribution in [1.29, 1.82) is 0 Å². The second-order valence-corrected chi connectivity index (χ2v) is 6.26. The second kappa shape index (κ2) is 9.61. The molecule has 1 aliphatic rings. The average molecular weight is 372 g/mol. The van der Waals surface area contributed by atoms with Gasteiger partial charge in [0.15, 0.2) is 5.96 Å². The third-order valence-corrected chi connectivity index (χ3v) is 4.12. The number of piperazine rings is 1. The van der Waals surface area contributed by atoms with Gasteiger partial charge in [-0.3, -0.25) is 0 Å². The number of nitrogens with zero attached hydrogens (tertiary/aromatic N) is 4. The Labute approximate surface area is 152 Å². The normalized spacial score (nSPS) is 16.7. The van der Waals surface area contributed by atoms with Crippen molar-refractivity contribution in [1.82, 2.24) is 20.5 Å². The van der Waals surface area contributed by atoms with E-state index in [4.69, 9.17) is 0 Å². The van der Waals surface area contributed by atoms with Crippen molar-refractivity contribution in [2.75, 3.05) is 51.2 Å². The molecule has 0 saturated carbocycles. The summed E-state index contributed by atoms with van der Waals surface area (Å²) in [5.41, 5.74) is 0.963. The fraction of sp³-hybridized carbons (Fsp3) is 0.647. The molecule has 0 unspecified atom stereocenters. The van der Waals surface area contributed by atoms with Crippen LogP contribution in [0, 0.1) is 0 Å². The van der Waals surface area contributed by atoms with Gasteiger partial charge in [-0.15, -0.1) is 0 Å². The highest BCUT2D eigenvalue weighted by Gasteiger charge is 2.26. The van der Waals surface area contributed by atoms with Gasteiger partial charge in [0.1, 0.15) is 5.82 Å². The van der Waals surface area contributed by atoms with Crippen LogP contribution in [-0.2, 0) is 6.54 Å². The Morgan fingerprint density at radius 2 is 1.96 bits per heavy atom. The van der Waals surface area contributed by atoms with Crippen LogP contribution < -0.4 is 15.5 Å². The van der Waals surface area contributed by atoms with Crippen molar-refractivity contribution < 1.29 is 13.2 Å². The van der Waals surface area contributed by atoms with E-state index >= 15 is 0 Å². The lowest BCUT2D eigenvalue weighted by atomic mass is 10.2. The molecule has 1 aromatic rings. The molecule has 0 bridgehead atoms. The van der Waals surface area contributed by atoms with E-state index in [1.165, 1.54) is 0 Å². The van der Waals surface area contributed by atoms with Crippen molar-refractivity contribution >= 4 is 11.8 Å². The maximum atomic E-state index is 12.3. The van der Waals surface area contributed by atoms with Crippen LogP contribution in [0.4, 0.5) is 19.0 Å². The zero-order valence-corrected chi connectivity index (χ0v) is 15.3. The minimum Gasteiger partial charge on any atom is -0.357 e. The molecule has 0 atom stereocenters. The number of halogens is 3. The van der Waals surface area contributed by atoms with Crippen LogP contribution >= 0.6 is 0 Å². The number of aliphatic imine (C=N–C) groups is 1. The summed E-state index contributed by atoms with van der Waals surface area (Å²) in [5, 5.41) is 5.71. The van der Waals surface area contributed by atoms with Gasteiger partial charge in [-0.2, -0.15) is 13.2 Å². The molecular weight excluding hydrogens is 345 g/mol. The standard InChI is InChI=1S/C17H27F3N6/c1-3-21-16(23-8-6-17(18,19)20)24-13-14-5-4-7-22-15(14)26-11-9-25(2)10-12-26/h4-5,7H,3,6,8-13H2,1-2H3,(H2,21,23,24). The summed E-state index contributed by atoms with van der Waals surface area (Å²) in [5.74, 6) is 1.28. The first-order chi connectivity index (χ1) is 12.4. The molecule has 26 heavy (non-hydrogen) atoms. The molecule has 2 N–H and O–H groups in total. The summed E-state index contributed by atoms with van der Waals surface area (Å²) in [4.78, 5) is 13.4. The summed E-state index contributed by atoms with van der Waals surface area (Å²) in [6.07, 6.45) is -3.31. The maximum Gasteiger partial charge on any atom is 0.390 e. The largest absolute Gasteiger partial charge is 0.390 e. The molecule has 2 rings (SSSR count). The number of rotatable bonds is 6. The quantitative estimate of drug-likeness (QED) is 0.590. The first kappa shape index (κ1) is 20.3. The van der Waals surface area contributed by atoms with E-state index in [0.29, 0.717) is 19.0 Å². The van der Waals surface area contributed by atoms with Gasteiger partial charge in [0.05, 0.1) is 13.0 Å². The highest BCUT2D eigenvalue weighted by Crippen LogP contribution is 2.20. The molecule has 0 aromatic carbocycles. The Kier molecular flexibility index (Phi) is 7.50. The summed E-state index contributed by atoms with van der Waals surface area (Å²) in [7, 11) is 2.09. The summed E-state index contributed by atoms with van der Waals surface area (Å²) in [6.45, 7) is 6.35. The molecule has 1 saturated heterocycles. The zero-order chi connectivity index (χ0) is 19.0. The SMILES string of the molecule is CCNC(=NCc1cccnc1N1CCN(C)CC1)NCCC(F)(F)F. The molecule has 0 aliphatic carbocycles. The van der Waals surface area contributed by atoms with Gasteiger partial charge in [-0.1, -0.05) is 6.07 Å². The molecule has 146 valence electrons. The van der Waals surface area contributed by atoms with Gasteiger partial charge in [-0.25, -0.2) is 9.98 Å². The van der Waals surface area contributed by atoms with E-state index in [0.717, 1.165) is 37.6 Å². The van der Waals surface area contributed by atoms with Gasteiger partial charge in [0.2, 0.25) is 0 Å². The lowest BCUT2D eigenvalue weighted by Gasteiger charge is -2.34. The van der Waals surface area contributed by atoms with Crippen molar-refractivity contribution in [3.05, 3.63) is 23.9 Å². The van der Waals surface area contributed by atoms with Gasteiger partial charge in [-0.05, 0) is 20.0 Å². The van der Waals surface area contributed by atoms with Crippen LogP contribution in [0.15, 0.2) is 23.3 Å². The number of guanidine groups is 1. The van der Waals surface area contributed by atoms with E-state index in [-0.39, 0.29) is 6.54 Å². The predicted molar refractivity (Wildman–Crippen MR) is 97.4 cm³/mol. The molecule has 1 fully saturated rings. The number of hydrogen-bond acceptors (Lipinski definition) is 4. The molecule has 1 aliphatic heterocycles. The number of anilines is 1. The maximum absolute atomic E-state index is 12.3. The molecule has 0 spiro atoms. The predicted octanol–water partition coefficient (Wildman–Crippen LogP) is 1.84. The average Bonchev–Trinajstić information content (AvgIpc) is 2.60. The minimum absolute atomic E-state index is 0.201. The Bertz CT molecular complexity index is 582. The minimum atomic E-state index is -4.18. The van der Waals surface area contributed by atoms with E-state index < -0.39 is 12.6 Å². The Morgan fingerprint density at radius 1 is 1.23 bits per heavy atom. The van der Waals surface area contributed by atoms with Crippen molar-refractivity contribution in [2.24, 2.45) is 4.99 Å². The Morgan fingerprint density at radius 3 is 2.62 bits per heavy atom. The zero-order valence-electron chi connectivity index (χ0n) is 15.3. The number of hydrogen-bond donors (Lipinski definition) is 2. The first-order valence-corrected chi connectivity index (χ1v) is 8.85. The van der Waals surface area contributed by atoms with E-state index in [1.54, 1.807) is 6.20 Å². The van der Waals surface area contributed by atoms with Crippen LogP contribution in [0.3, 0.4) is 0 Å². The lowest BCUT2D eigenvalue weighted by molar-refractivity contribution is -0.132. The number of likely N-dealkylation sites (N-methyl/N-ethyl adjacent to an activating group) is 1. The molecule has 2 heterocycles. The topological polar surface area (TPSA) is 55.8 Å². The van der Waals surface area contributed by atoms with E-state index in [9.17, 15) is 13.2 Å². The van der Waals surface area contributed by atoms with Crippen molar-refractivity contribution in [3.8, 4) is 0 Å². The third-order valence-electron chi connectivity index (χ3n) is 4.12. The monoisotopic (exact) mass is 372 g/mol. The number of pyridine rings is 1. The molecule has 9 heteroatoms.